The van der Waals surface area contributed by atoms with Crippen LogP contribution in [0.5, 0.6) is 11.5 Å². The zero-order valence-corrected chi connectivity index (χ0v) is 10.2. The second kappa shape index (κ2) is 5.95. The summed E-state index contributed by atoms with van der Waals surface area (Å²) in [5.74, 6) is -0.710. The Hall–Kier alpha value is -1.18. The lowest BCUT2D eigenvalue weighted by molar-refractivity contribution is 0.423. The predicted octanol–water partition coefficient (Wildman–Crippen LogP) is 4.35. The zero-order chi connectivity index (χ0) is 17.9. The Bertz CT molecular complexity index is 487. The molecule has 2 N–H and O–H groups in total. The van der Waals surface area contributed by atoms with Crippen molar-refractivity contribution in [2.24, 2.45) is 0 Å². The van der Waals surface area contributed by atoms with E-state index in [0.29, 0.717) is 6.42 Å². The molecule has 0 aromatic heterocycles. The molecule has 2 nitrogen and oxygen atoms in total. The molecule has 0 heterocycles. The second-order valence-electron chi connectivity index (χ2n) is 4.45. The van der Waals surface area contributed by atoms with Crippen molar-refractivity contribution in [3.63, 3.8) is 0 Å². The molecule has 1 aromatic rings. The van der Waals surface area contributed by atoms with E-state index in [-0.39, 0.29) is 23.5 Å². The topological polar surface area (TPSA) is 40.5 Å². The van der Waals surface area contributed by atoms with Crippen LogP contribution in [0.1, 0.15) is 66.5 Å². The molecule has 17 heavy (non-hydrogen) atoms. The van der Waals surface area contributed by atoms with E-state index in [9.17, 15) is 10.2 Å². The summed E-state index contributed by atoms with van der Waals surface area (Å²) in [6, 6.07) is 3.29. The molecule has 0 saturated heterocycles. The van der Waals surface area contributed by atoms with Crippen molar-refractivity contribution in [2.75, 3.05) is 0 Å². The van der Waals surface area contributed by atoms with Crippen molar-refractivity contribution in [3.05, 3.63) is 23.8 Å². The molecular formula is C15H24O2. The van der Waals surface area contributed by atoms with Crippen LogP contribution in [0, 0.1) is 0 Å². The largest absolute Gasteiger partial charge is 0.508 e. The molecule has 1 aromatic carbocycles. The van der Waals surface area contributed by atoms with Crippen molar-refractivity contribution in [3.8, 4) is 11.5 Å². The highest BCUT2D eigenvalue weighted by atomic mass is 16.3. The van der Waals surface area contributed by atoms with Crippen LogP contribution in [-0.4, -0.2) is 10.2 Å². The van der Waals surface area contributed by atoms with Gasteiger partial charge in [0.05, 0.1) is 0 Å². The number of aromatic hydroxyl groups is 2. The molecule has 0 amide bonds. The first-order valence-corrected chi connectivity index (χ1v) is 5.99. The molecule has 0 aliphatic heterocycles. The van der Waals surface area contributed by atoms with Gasteiger partial charge in [-0.3, -0.25) is 0 Å². The van der Waals surface area contributed by atoms with Gasteiger partial charge in [0.15, 0.2) is 0 Å². The van der Waals surface area contributed by atoms with Gasteiger partial charge in [0.1, 0.15) is 11.5 Å². The number of unbranched alkanes of at least 4 members (excludes halogenated alkanes) is 3. The van der Waals surface area contributed by atoms with Gasteiger partial charge < -0.3 is 10.2 Å². The molecular weight excluding hydrogens is 212 g/mol. The van der Waals surface area contributed by atoms with Crippen molar-refractivity contribution in [2.45, 2.75) is 58.1 Å². The Morgan fingerprint density at radius 1 is 1.06 bits per heavy atom. The van der Waals surface area contributed by atoms with Crippen LogP contribution in [0.25, 0.3) is 0 Å². The number of phenolic OH excluding ortho intramolecular Hbond substituents is 2. The summed E-state index contributed by atoms with van der Waals surface area (Å²) < 4.78 is 47.2. The molecule has 96 valence electrons. The van der Waals surface area contributed by atoms with Crippen LogP contribution in [0.15, 0.2) is 18.2 Å². The predicted molar refractivity (Wildman–Crippen MR) is 71.6 cm³/mol. The van der Waals surface area contributed by atoms with E-state index in [4.69, 9.17) is 8.22 Å². The molecule has 0 aliphatic rings. The molecule has 0 unspecified atom stereocenters. The highest BCUT2D eigenvalue weighted by Crippen LogP contribution is 2.33. The number of rotatable bonds is 6. The summed E-state index contributed by atoms with van der Waals surface area (Å²) in [5, 5.41) is 19.3. The van der Waals surface area contributed by atoms with Crippen molar-refractivity contribution >= 4 is 0 Å². The van der Waals surface area contributed by atoms with E-state index in [1.54, 1.807) is 0 Å². The lowest BCUT2D eigenvalue weighted by Crippen LogP contribution is -2.16. The summed E-state index contributed by atoms with van der Waals surface area (Å²) in [6.07, 6.45) is 2.95. The fourth-order valence-corrected chi connectivity index (χ4v) is 1.80. The third-order valence-corrected chi connectivity index (χ3v) is 2.80. The Balaban J connectivity index is 3.44. The average molecular weight is 242 g/mol. The summed E-state index contributed by atoms with van der Waals surface area (Å²) in [5.41, 5.74) is -2.20. The number of hydrogen-bond acceptors (Lipinski definition) is 2. The summed E-state index contributed by atoms with van der Waals surface area (Å²) in [4.78, 5) is 0. The third kappa shape index (κ3) is 4.29. The molecule has 1 rings (SSSR count). The molecule has 0 fully saturated rings. The van der Waals surface area contributed by atoms with E-state index in [2.05, 4.69) is 0 Å². The summed E-state index contributed by atoms with van der Waals surface area (Å²) >= 11 is 0. The van der Waals surface area contributed by atoms with Gasteiger partial charge in [-0.1, -0.05) is 46.3 Å². The Labute approximate surface area is 113 Å². The Morgan fingerprint density at radius 3 is 2.24 bits per heavy atom. The van der Waals surface area contributed by atoms with Crippen LogP contribution >= 0.6 is 0 Å². The lowest BCUT2D eigenvalue weighted by Gasteiger charge is -2.25. The average Bonchev–Trinajstić information content (AvgIpc) is 2.34. The van der Waals surface area contributed by atoms with Crippen LogP contribution in [0.3, 0.4) is 0 Å². The fraction of sp³-hybridized carbons (Fsp3) is 0.600. The minimum absolute atomic E-state index is 0.0666. The third-order valence-electron chi connectivity index (χ3n) is 2.80. The monoisotopic (exact) mass is 242 g/mol. The molecule has 0 bridgehead atoms. The van der Waals surface area contributed by atoms with Crippen molar-refractivity contribution in [1.82, 2.24) is 0 Å². The molecule has 0 radical (unpaired) electrons. The minimum atomic E-state index is -2.80. The Morgan fingerprint density at radius 2 is 1.71 bits per heavy atom. The Kier molecular flexibility index (Phi) is 2.55. The standard InChI is InChI=1S/C15H24O2/c1-4-5-6-7-8-15(2,3)12-9-13(16)11-14(17)10-12/h9-11,16-17H,4-8H2,1-3H3/i2D3,3D3. The van der Waals surface area contributed by atoms with Gasteiger partial charge in [-0.2, -0.15) is 0 Å². The van der Waals surface area contributed by atoms with Gasteiger partial charge in [-0.15, -0.1) is 0 Å². The summed E-state index contributed by atoms with van der Waals surface area (Å²) in [6.45, 7) is -3.59. The van der Waals surface area contributed by atoms with Gasteiger partial charge >= 0.3 is 0 Å². The second-order valence-corrected chi connectivity index (χ2v) is 4.45. The first-order chi connectivity index (χ1) is 10.5. The summed E-state index contributed by atoms with van der Waals surface area (Å²) in [7, 11) is 0. The highest BCUT2D eigenvalue weighted by Gasteiger charge is 2.21. The van der Waals surface area contributed by atoms with Crippen LogP contribution < -0.4 is 0 Å². The van der Waals surface area contributed by atoms with Crippen LogP contribution in [0.2, 0.25) is 0 Å². The first-order valence-electron chi connectivity index (χ1n) is 8.99. The highest BCUT2D eigenvalue weighted by molar-refractivity contribution is 5.39. The number of phenols is 2. The van der Waals surface area contributed by atoms with Gasteiger partial charge in [0.2, 0.25) is 0 Å². The van der Waals surface area contributed by atoms with Crippen molar-refractivity contribution < 1.29 is 18.4 Å². The first kappa shape index (κ1) is 7.30. The lowest BCUT2D eigenvalue weighted by atomic mass is 9.80. The number of benzene rings is 1. The number of hydrogen-bond donors (Lipinski definition) is 2. The van der Waals surface area contributed by atoms with E-state index >= 15 is 0 Å². The molecule has 0 atom stereocenters. The smallest absolute Gasteiger partial charge is 0.119 e. The van der Waals surface area contributed by atoms with Gasteiger partial charge in [-0.25, -0.2) is 0 Å². The zero-order valence-electron chi connectivity index (χ0n) is 16.2. The van der Waals surface area contributed by atoms with Gasteiger partial charge in [0.25, 0.3) is 0 Å². The van der Waals surface area contributed by atoms with Gasteiger partial charge in [-0.05, 0) is 29.5 Å². The van der Waals surface area contributed by atoms with Crippen LogP contribution in [0.4, 0.5) is 0 Å². The molecule has 2 heteroatoms. The molecule has 0 aliphatic carbocycles. The van der Waals surface area contributed by atoms with E-state index in [1.807, 2.05) is 6.92 Å². The fourth-order valence-electron chi connectivity index (χ4n) is 1.80. The molecule has 0 saturated carbocycles. The van der Waals surface area contributed by atoms with E-state index in [0.717, 1.165) is 37.5 Å². The maximum atomic E-state index is 9.67. The maximum absolute atomic E-state index is 9.67. The minimum Gasteiger partial charge on any atom is -0.508 e. The quantitative estimate of drug-likeness (QED) is 0.728. The van der Waals surface area contributed by atoms with Crippen LogP contribution in [-0.2, 0) is 5.41 Å². The van der Waals surface area contributed by atoms with Gasteiger partial charge in [0, 0.05) is 14.3 Å². The van der Waals surface area contributed by atoms with E-state index < -0.39 is 19.1 Å². The van der Waals surface area contributed by atoms with E-state index in [1.165, 1.54) is 0 Å². The molecule has 0 spiro atoms. The normalized spacial score (nSPS) is 18.4. The maximum Gasteiger partial charge on any atom is 0.119 e. The SMILES string of the molecule is [2H]C([2H])([2H])C(CCCCCC)(c1cc(O)cc(O)c1)C([2H])([2H])[2H]. The van der Waals surface area contributed by atoms with Crippen molar-refractivity contribution in [1.29, 1.82) is 0 Å².